The highest BCUT2D eigenvalue weighted by Crippen LogP contribution is 2.26. The van der Waals surface area contributed by atoms with Crippen LogP contribution in [0.4, 0.5) is 0 Å². The second kappa shape index (κ2) is 2.36. The molecule has 0 bridgehead atoms. The summed E-state index contributed by atoms with van der Waals surface area (Å²) in [5.74, 6) is 0. The van der Waals surface area contributed by atoms with Crippen molar-refractivity contribution in [3.63, 3.8) is 0 Å². The molecule has 2 rings (SSSR count). The molecule has 0 saturated heterocycles. The van der Waals surface area contributed by atoms with Crippen LogP contribution >= 0.6 is 11.6 Å². The first-order valence-corrected chi connectivity index (χ1v) is 3.72. The molecule has 4 heteroatoms. The fourth-order valence-electron chi connectivity index (χ4n) is 1.24. The Labute approximate surface area is 69.2 Å². The van der Waals surface area contributed by atoms with E-state index in [0.29, 0.717) is 5.03 Å². The van der Waals surface area contributed by atoms with Crippen molar-refractivity contribution in [2.24, 2.45) is 4.99 Å². The first-order chi connectivity index (χ1) is 5.27. The minimum Gasteiger partial charge on any atom is -0.287 e. The van der Waals surface area contributed by atoms with Crippen LogP contribution in [0.25, 0.3) is 0 Å². The van der Waals surface area contributed by atoms with Crippen LogP contribution in [0, 0.1) is 0 Å². The molecule has 0 radical (unpaired) electrons. The van der Waals surface area contributed by atoms with Gasteiger partial charge in [-0.05, 0) is 11.6 Å². The van der Waals surface area contributed by atoms with Gasteiger partial charge in [0.2, 0.25) is 0 Å². The molecular weight excluding hydrogens is 164 g/mol. The molecular formula is C7H7ClN2O. The monoisotopic (exact) mass is 170 g/mol. The Morgan fingerprint density at radius 2 is 2.55 bits per heavy atom. The van der Waals surface area contributed by atoms with Gasteiger partial charge in [-0.1, -0.05) is 11.6 Å². The van der Waals surface area contributed by atoms with Crippen molar-refractivity contribution in [1.82, 2.24) is 5.06 Å². The number of rotatable bonds is 0. The molecule has 0 fully saturated rings. The Bertz CT molecular complexity index is 270. The topological polar surface area (TPSA) is 35.8 Å². The number of hydroxylamine groups is 2. The summed E-state index contributed by atoms with van der Waals surface area (Å²) in [5.41, 5.74) is 1.04. The zero-order valence-corrected chi connectivity index (χ0v) is 6.49. The summed E-state index contributed by atoms with van der Waals surface area (Å²) in [7, 11) is 0. The molecule has 0 aromatic rings. The van der Waals surface area contributed by atoms with Crippen LogP contribution in [0.3, 0.4) is 0 Å². The second-order valence-corrected chi connectivity index (χ2v) is 2.96. The predicted molar refractivity (Wildman–Crippen MR) is 42.5 cm³/mol. The Hall–Kier alpha value is -0.800. The van der Waals surface area contributed by atoms with Crippen molar-refractivity contribution in [1.29, 1.82) is 0 Å². The van der Waals surface area contributed by atoms with Gasteiger partial charge in [0.05, 0.1) is 5.03 Å². The van der Waals surface area contributed by atoms with E-state index in [1.165, 1.54) is 6.20 Å². The molecule has 1 unspecified atom stereocenters. The van der Waals surface area contributed by atoms with Gasteiger partial charge >= 0.3 is 0 Å². The largest absolute Gasteiger partial charge is 0.287 e. The van der Waals surface area contributed by atoms with Crippen LogP contribution in [-0.4, -0.2) is 22.7 Å². The maximum Gasteiger partial charge on any atom is 0.166 e. The fraction of sp³-hybridized carbons (Fsp3) is 0.286. The van der Waals surface area contributed by atoms with E-state index < -0.39 is 0 Å². The lowest BCUT2D eigenvalue weighted by atomic mass is 10.1. The molecule has 3 nitrogen and oxygen atoms in total. The summed E-state index contributed by atoms with van der Waals surface area (Å²) in [6.07, 6.45) is 5.64. The molecule has 2 aliphatic rings. The van der Waals surface area contributed by atoms with Gasteiger partial charge in [0.15, 0.2) is 6.17 Å². The van der Waals surface area contributed by atoms with Gasteiger partial charge in [0.1, 0.15) is 0 Å². The number of aliphatic imine (C=N–C) groups is 1. The number of hydrogen-bond acceptors (Lipinski definition) is 3. The second-order valence-electron chi connectivity index (χ2n) is 2.52. The van der Waals surface area contributed by atoms with E-state index >= 15 is 0 Å². The van der Waals surface area contributed by atoms with Gasteiger partial charge < -0.3 is 0 Å². The highest BCUT2D eigenvalue weighted by molar-refractivity contribution is 6.31. The molecule has 2 aliphatic heterocycles. The highest BCUT2D eigenvalue weighted by Gasteiger charge is 2.24. The average Bonchev–Trinajstić information content (AvgIpc) is 2.34. The molecule has 0 spiro atoms. The molecule has 1 atom stereocenters. The molecule has 0 aromatic carbocycles. The summed E-state index contributed by atoms with van der Waals surface area (Å²) in [6, 6.07) is 0. The average molecular weight is 171 g/mol. The summed E-state index contributed by atoms with van der Waals surface area (Å²) in [4.78, 5) is 4.05. The van der Waals surface area contributed by atoms with Crippen molar-refractivity contribution in [2.75, 3.05) is 0 Å². The Morgan fingerprint density at radius 1 is 1.73 bits per heavy atom. The molecule has 0 saturated carbocycles. The van der Waals surface area contributed by atoms with E-state index in [4.69, 9.17) is 11.6 Å². The van der Waals surface area contributed by atoms with Gasteiger partial charge in [-0.25, -0.2) is 5.06 Å². The summed E-state index contributed by atoms with van der Waals surface area (Å²) in [6.45, 7) is 0. The third-order valence-corrected chi connectivity index (χ3v) is 1.94. The third kappa shape index (κ3) is 1.06. The maximum absolute atomic E-state index is 9.27. The number of halogens is 1. The van der Waals surface area contributed by atoms with Crippen LogP contribution < -0.4 is 0 Å². The first kappa shape index (κ1) is 6.88. The Balaban J connectivity index is 2.34. The van der Waals surface area contributed by atoms with Gasteiger partial charge in [-0.15, -0.1) is 0 Å². The number of hydrogen-bond donors (Lipinski definition) is 1. The van der Waals surface area contributed by atoms with Crippen LogP contribution in [-0.2, 0) is 0 Å². The van der Waals surface area contributed by atoms with E-state index in [9.17, 15) is 5.21 Å². The van der Waals surface area contributed by atoms with Crippen molar-refractivity contribution in [2.45, 2.75) is 12.6 Å². The number of nitrogens with zero attached hydrogens (tertiary/aromatic N) is 2. The van der Waals surface area contributed by atoms with Crippen LogP contribution in [0.1, 0.15) is 6.42 Å². The standard InChI is InChI=1S/C7H7ClN2O/c8-6-3-5-1-2-9-7(5)10(11)4-6/h2-4,7,11H,1H2. The molecule has 0 amide bonds. The number of fused-ring (bicyclic) bond motifs is 1. The maximum atomic E-state index is 9.27. The smallest absolute Gasteiger partial charge is 0.166 e. The summed E-state index contributed by atoms with van der Waals surface area (Å²) in [5, 5.41) is 10.8. The van der Waals surface area contributed by atoms with Crippen molar-refractivity contribution < 1.29 is 5.21 Å². The van der Waals surface area contributed by atoms with Gasteiger partial charge in [0, 0.05) is 18.8 Å². The lowest BCUT2D eigenvalue weighted by molar-refractivity contribution is -0.0655. The Kier molecular flexibility index (Phi) is 1.47. The van der Waals surface area contributed by atoms with Crippen molar-refractivity contribution >= 4 is 17.8 Å². The van der Waals surface area contributed by atoms with E-state index in [2.05, 4.69) is 4.99 Å². The lowest BCUT2D eigenvalue weighted by Crippen LogP contribution is -2.27. The SMILES string of the molecule is ON1C=C(Cl)C=C2CC=NC21. The molecule has 1 N–H and O–H groups in total. The minimum absolute atomic E-state index is 0.225. The zero-order chi connectivity index (χ0) is 7.84. The summed E-state index contributed by atoms with van der Waals surface area (Å²) >= 11 is 5.71. The van der Waals surface area contributed by atoms with Crippen LogP contribution in [0.15, 0.2) is 27.9 Å². The van der Waals surface area contributed by atoms with E-state index in [1.807, 2.05) is 6.08 Å². The predicted octanol–water partition coefficient (Wildman–Crippen LogP) is 1.50. The lowest BCUT2D eigenvalue weighted by Gasteiger charge is -2.22. The molecule has 58 valence electrons. The van der Waals surface area contributed by atoms with Crippen LogP contribution in [0.2, 0.25) is 0 Å². The van der Waals surface area contributed by atoms with E-state index in [0.717, 1.165) is 17.1 Å². The zero-order valence-electron chi connectivity index (χ0n) is 5.74. The third-order valence-electron chi connectivity index (χ3n) is 1.73. The first-order valence-electron chi connectivity index (χ1n) is 3.34. The number of allylic oxidation sites excluding steroid dienone is 2. The molecule has 11 heavy (non-hydrogen) atoms. The van der Waals surface area contributed by atoms with Gasteiger partial charge in [-0.2, -0.15) is 0 Å². The van der Waals surface area contributed by atoms with Crippen LogP contribution in [0.5, 0.6) is 0 Å². The summed E-state index contributed by atoms with van der Waals surface area (Å²) < 4.78 is 0. The molecule has 2 heterocycles. The molecule has 0 aliphatic carbocycles. The van der Waals surface area contributed by atoms with E-state index in [-0.39, 0.29) is 6.17 Å². The van der Waals surface area contributed by atoms with Crippen molar-refractivity contribution in [3.8, 4) is 0 Å². The molecule has 0 aromatic heterocycles. The van der Waals surface area contributed by atoms with Gasteiger partial charge in [-0.3, -0.25) is 10.2 Å². The minimum atomic E-state index is -0.225. The van der Waals surface area contributed by atoms with Crippen molar-refractivity contribution in [3.05, 3.63) is 22.9 Å². The van der Waals surface area contributed by atoms with E-state index in [1.54, 1.807) is 6.21 Å². The Morgan fingerprint density at radius 3 is 3.36 bits per heavy atom. The normalized spacial score (nSPS) is 28.2. The van der Waals surface area contributed by atoms with Gasteiger partial charge in [0.25, 0.3) is 0 Å². The quantitative estimate of drug-likeness (QED) is 0.598. The fourth-order valence-corrected chi connectivity index (χ4v) is 1.48. The highest BCUT2D eigenvalue weighted by atomic mass is 35.5.